The Labute approximate surface area is 113 Å². The van der Waals surface area contributed by atoms with E-state index in [1.165, 1.54) is 12.1 Å². The molecule has 1 aromatic rings. The van der Waals surface area contributed by atoms with Gasteiger partial charge in [0.05, 0.1) is 0 Å². The molecule has 1 atom stereocenters. The molecule has 2 nitrogen and oxygen atoms in total. The van der Waals surface area contributed by atoms with E-state index in [9.17, 15) is 9.18 Å². The number of carbonyl (C=O) groups excluding carboxylic acids is 1. The molecule has 0 N–H and O–H groups in total. The third-order valence-electron chi connectivity index (χ3n) is 2.52. The second-order valence-corrected chi connectivity index (χ2v) is 5.89. The van der Waals surface area contributed by atoms with Crippen molar-refractivity contribution < 1.29 is 9.18 Å². The Morgan fingerprint density at radius 2 is 2.06 bits per heavy atom. The van der Waals surface area contributed by atoms with Gasteiger partial charge in [0.15, 0.2) is 4.84 Å². The van der Waals surface area contributed by atoms with Crippen LogP contribution in [0.25, 0.3) is 0 Å². The fourth-order valence-corrected chi connectivity index (χ4v) is 3.24. The van der Waals surface area contributed by atoms with Gasteiger partial charge in [-0.25, -0.2) is 4.39 Å². The SMILES string of the molecule is O=C(C(Cl)Cl)N1CCSC1c1ccc(F)cc1. The third-order valence-corrected chi connectivity index (χ3v) is 4.15. The minimum absolute atomic E-state index is 0.122. The summed E-state index contributed by atoms with van der Waals surface area (Å²) in [6.07, 6.45) is 0. The highest BCUT2D eigenvalue weighted by Gasteiger charge is 2.33. The van der Waals surface area contributed by atoms with Crippen molar-refractivity contribution in [3.8, 4) is 0 Å². The summed E-state index contributed by atoms with van der Waals surface area (Å²) in [6.45, 7) is 0.613. The van der Waals surface area contributed by atoms with Gasteiger partial charge in [-0.05, 0) is 17.7 Å². The minimum Gasteiger partial charge on any atom is -0.323 e. The van der Waals surface area contributed by atoms with Crippen LogP contribution < -0.4 is 0 Å². The van der Waals surface area contributed by atoms with Crippen molar-refractivity contribution in [1.29, 1.82) is 0 Å². The van der Waals surface area contributed by atoms with Gasteiger partial charge in [-0.15, -0.1) is 11.8 Å². The standard InChI is InChI=1S/C11H10Cl2FNOS/c12-9(13)10(16)15-5-6-17-11(15)7-1-3-8(14)4-2-7/h1-4,9,11H,5-6H2. The topological polar surface area (TPSA) is 20.3 Å². The molecular formula is C11H10Cl2FNOS. The molecule has 1 fully saturated rings. The number of halogens is 3. The highest BCUT2D eigenvalue weighted by atomic mass is 35.5. The summed E-state index contributed by atoms with van der Waals surface area (Å²) in [5, 5.41) is -0.122. The average molecular weight is 294 g/mol. The lowest BCUT2D eigenvalue weighted by atomic mass is 10.2. The number of hydrogen-bond acceptors (Lipinski definition) is 2. The molecule has 92 valence electrons. The van der Waals surface area contributed by atoms with Crippen molar-refractivity contribution in [2.45, 2.75) is 10.2 Å². The van der Waals surface area contributed by atoms with Crippen molar-refractivity contribution in [2.75, 3.05) is 12.3 Å². The number of benzene rings is 1. The van der Waals surface area contributed by atoms with Gasteiger partial charge in [-0.1, -0.05) is 35.3 Å². The molecule has 1 saturated heterocycles. The van der Waals surface area contributed by atoms with Crippen LogP contribution in [0.2, 0.25) is 0 Å². The van der Waals surface area contributed by atoms with Gasteiger partial charge in [0.1, 0.15) is 11.2 Å². The summed E-state index contributed by atoms with van der Waals surface area (Å²) in [4.78, 5) is 12.4. The summed E-state index contributed by atoms with van der Waals surface area (Å²) in [6, 6.07) is 6.12. The Kier molecular flexibility index (Phi) is 4.17. The number of rotatable bonds is 2. The maximum absolute atomic E-state index is 12.8. The zero-order valence-electron chi connectivity index (χ0n) is 8.78. The molecule has 0 aromatic heterocycles. The van der Waals surface area contributed by atoms with Crippen LogP contribution in [0.3, 0.4) is 0 Å². The number of alkyl halides is 2. The Morgan fingerprint density at radius 1 is 1.41 bits per heavy atom. The summed E-state index contributed by atoms with van der Waals surface area (Å²) in [5.74, 6) is 0.240. The van der Waals surface area contributed by atoms with Crippen LogP contribution in [0.15, 0.2) is 24.3 Å². The molecule has 1 aliphatic heterocycles. The summed E-state index contributed by atoms with van der Waals surface area (Å²) < 4.78 is 12.8. The molecule has 1 aliphatic rings. The monoisotopic (exact) mass is 293 g/mol. The third kappa shape index (κ3) is 2.87. The first-order valence-corrected chi connectivity index (χ1v) is 6.97. The highest BCUT2D eigenvalue weighted by Crippen LogP contribution is 2.38. The predicted molar refractivity (Wildman–Crippen MR) is 68.8 cm³/mol. The van der Waals surface area contributed by atoms with Crippen LogP contribution in [0.4, 0.5) is 4.39 Å². The molecular weight excluding hydrogens is 284 g/mol. The lowest BCUT2D eigenvalue weighted by molar-refractivity contribution is -0.129. The molecule has 1 amide bonds. The van der Waals surface area contributed by atoms with Gasteiger partial charge in [0.25, 0.3) is 5.91 Å². The average Bonchev–Trinajstić information content (AvgIpc) is 2.77. The number of carbonyl (C=O) groups is 1. The van der Waals surface area contributed by atoms with Crippen LogP contribution in [0.1, 0.15) is 10.9 Å². The fraction of sp³-hybridized carbons (Fsp3) is 0.364. The molecule has 0 spiro atoms. The number of hydrogen-bond donors (Lipinski definition) is 0. The van der Waals surface area contributed by atoms with Gasteiger partial charge in [-0.2, -0.15) is 0 Å². The highest BCUT2D eigenvalue weighted by molar-refractivity contribution is 7.99. The Hall–Kier alpha value is -0.450. The second kappa shape index (κ2) is 5.46. The van der Waals surface area contributed by atoms with E-state index < -0.39 is 4.84 Å². The Morgan fingerprint density at radius 3 is 2.65 bits per heavy atom. The Balaban J connectivity index is 2.20. The van der Waals surface area contributed by atoms with Gasteiger partial charge >= 0.3 is 0 Å². The summed E-state index contributed by atoms with van der Waals surface area (Å²) in [7, 11) is 0. The van der Waals surface area contributed by atoms with Crippen LogP contribution in [0, 0.1) is 5.82 Å². The summed E-state index contributed by atoms with van der Waals surface area (Å²) in [5.41, 5.74) is 0.885. The molecule has 2 rings (SSSR count). The minimum atomic E-state index is -1.04. The van der Waals surface area contributed by atoms with Crippen molar-refractivity contribution in [3.63, 3.8) is 0 Å². The molecule has 0 aliphatic carbocycles. The quantitative estimate of drug-likeness (QED) is 0.781. The predicted octanol–water partition coefficient (Wildman–Crippen LogP) is 3.20. The van der Waals surface area contributed by atoms with Gasteiger partial charge < -0.3 is 4.90 Å². The molecule has 0 bridgehead atoms. The van der Waals surface area contributed by atoms with Crippen LogP contribution in [-0.4, -0.2) is 27.9 Å². The van der Waals surface area contributed by atoms with Crippen LogP contribution in [-0.2, 0) is 4.79 Å². The van der Waals surface area contributed by atoms with E-state index >= 15 is 0 Å². The molecule has 6 heteroatoms. The van der Waals surface area contributed by atoms with Gasteiger partial charge in [0.2, 0.25) is 0 Å². The van der Waals surface area contributed by atoms with E-state index in [4.69, 9.17) is 23.2 Å². The van der Waals surface area contributed by atoms with E-state index in [0.717, 1.165) is 11.3 Å². The van der Waals surface area contributed by atoms with Crippen molar-refractivity contribution in [1.82, 2.24) is 4.90 Å². The molecule has 0 saturated carbocycles. The van der Waals surface area contributed by atoms with Gasteiger partial charge in [-0.3, -0.25) is 4.79 Å². The van der Waals surface area contributed by atoms with E-state index in [-0.39, 0.29) is 17.1 Å². The molecule has 17 heavy (non-hydrogen) atoms. The van der Waals surface area contributed by atoms with Crippen molar-refractivity contribution in [3.05, 3.63) is 35.6 Å². The lowest BCUT2D eigenvalue weighted by Gasteiger charge is -2.24. The summed E-state index contributed by atoms with van der Waals surface area (Å²) >= 11 is 12.8. The van der Waals surface area contributed by atoms with E-state index in [0.29, 0.717) is 6.54 Å². The first-order valence-electron chi connectivity index (χ1n) is 5.05. The normalized spacial score (nSPS) is 20.0. The van der Waals surface area contributed by atoms with E-state index in [1.807, 2.05) is 0 Å². The smallest absolute Gasteiger partial charge is 0.257 e. The largest absolute Gasteiger partial charge is 0.323 e. The van der Waals surface area contributed by atoms with E-state index in [1.54, 1.807) is 28.8 Å². The zero-order chi connectivity index (χ0) is 12.4. The van der Waals surface area contributed by atoms with Crippen molar-refractivity contribution in [2.24, 2.45) is 0 Å². The maximum Gasteiger partial charge on any atom is 0.257 e. The maximum atomic E-state index is 12.8. The van der Waals surface area contributed by atoms with Crippen LogP contribution >= 0.6 is 35.0 Å². The molecule has 1 aromatic carbocycles. The molecule has 1 unspecified atom stereocenters. The Bertz CT molecular complexity index is 412. The lowest BCUT2D eigenvalue weighted by Crippen LogP contribution is -2.34. The molecule has 0 radical (unpaired) electrons. The number of amides is 1. The van der Waals surface area contributed by atoms with Crippen LogP contribution in [0.5, 0.6) is 0 Å². The number of nitrogens with zero attached hydrogens (tertiary/aromatic N) is 1. The second-order valence-electron chi connectivity index (χ2n) is 3.61. The first-order chi connectivity index (χ1) is 8.09. The first kappa shape index (κ1) is 13.0. The van der Waals surface area contributed by atoms with Crippen molar-refractivity contribution >= 4 is 40.9 Å². The number of thioether (sulfide) groups is 1. The van der Waals surface area contributed by atoms with Gasteiger partial charge in [0, 0.05) is 12.3 Å². The zero-order valence-corrected chi connectivity index (χ0v) is 11.1. The fourth-order valence-electron chi connectivity index (χ4n) is 1.72. The molecule has 1 heterocycles. The van der Waals surface area contributed by atoms with E-state index in [2.05, 4.69) is 0 Å².